The Bertz CT molecular complexity index is 383. The van der Waals surface area contributed by atoms with Crippen LogP contribution in [0.15, 0.2) is 10.7 Å². The number of aromatic nitrogens is 2. The Labute approximate surface area is 124 Å². The van der Waals surface area contributed by atoms with Gasteiger partial charge in [0.05, 0.1) is 22.5 Å². The molecule has 1 aromatic rings. The van der Waals surface area contributed by atoms with Crippen molar-refractivity contribution >= 4 is 15.9 Å². The summed E-state index contributed by atoms with van der Waals surface area (Å²) in [7, 11) is 0. The summed E-state index contributed by atoms with van der Waals surface area (Å²) in [6.07, 6.45) is 11.3. The summed E-state index contributed by atoms with van der Waals surface area (Å²) in [4.78, 5) is 0. The van der Waals surface area contributed by atoms with E-state index in [2.05, 4.69) is 28.0 Å². The van der Waals surface area contributed by atoms with Crippen LogP contribution in [0.2, 0.25) is 0 Å². The van der Waals surface area contributed by atoms with E-state index in [1.54, 1.807) is 6.20 Å². The third-order valence-corrected chi connectivity index (χ3v) is 4.73. The molecule has 0 radical (unpaired) electrons. The van der Waals surface area contributed by atoms with Gasteiger partial charge in [-0.2, -0.15) is 5.10 Å². The number of rotatable bonds is 5. The van der Waals surface area contributed by atoms with E-state index in [1.165, 1.54) is 38.5 Å². The summed E-state index contributed by atoms with van der Waals surface area (Å²) in [6, 6.07) is 0. The Balaban J connectivity index is 2.01. The molecule has 1 saturated carbocycles. The smallest absolute Gasteiger partial charge is 0.0970 e. The van der Waals surface area contributed by atoms with E-state index >= 15 is 0 Å². The van der Waals surface area contributed by atoms with Gasteiger partial charge in [-0.05, 0) is 34.7 Å². The molecule has 1 fully saturated rings. The van der Waals surface area contributed by atoms with Gasteiger partial charge in [-0.15, -0.1) is 0 Å². The van der Waals surface area contributed by atoms with Crippen molar-refractivity contribution in [3.05, 3.63) is 16.4 Å². The number of hydrogen-bond donors (Lipinski definition) is 1. The van der Waals surface area contributed by atoms with Crippen LogP contribution in [-0.4, -0.2) is 14.9 Å². The highest BCUT2D eigenvalue weighted by Crippen LogP contribution is 2.33. The lowest BCUT2D eigenvalue weighted by molar-refractivity contribution is 0.128. The Kier molecular flexibility index (Phi) is 5.89. The van der Waals surface area contributed by atoms with Crippen molar-refractivity contribution in [1.29, 1.82) is 0 Å². The van der Waals surface area contributed by atoms with Gasteiger partial charge in [0.25, 0.3) is 0 Å². The first-order valence-corrected chi connectivity index (χ1v) is 8.41. The fourth-order valence-electron chi connectivity index (χ4n) is 3.12. The van der Waals surface area contributed by atoms with Crippen LogP contribution in [0.25, 0.3) is 0 Å². The van der Waals surface area contributed by atoms with E-state index in [-0.39, 0.29) is 6.10 Å². The van der Waals surface area contributed by atoms with E-state index in [4.69, 9.17) is 0 Å². The van der Waals surface area contributed by atoms with E-state index < -0.39 is 0 Å². The largest absolute Gasteiger partial charge is 0.387 e. The lowest BCUT2D eigenvalue weighted by Crippen LogP contribution is -2.13. The Hall–Kier alpha value is -0.350. The summed E-state index contributed by atoms with van der Waals surface area (Å²) in [5, 5.41) is 14.9. The molecular formula is C15H25BrN2O. The van der Waals surface area contributed by atoms with Crippen LogP contribution >= 0.6 is 15.9 Å². The number of aryl methyl sites for hydroxylation is 1. The molecule has 19 heavy (non-hydrogen) atoms. The fraction of sp³-hybridized carbons (Fsp3) is 0.800. The number of aliphatic hydroxyl groups is 1. The Morgan fingerprint density at radius 1 is 1.37 bits per heavy atom. The van der Waals surface area contributed by atoms with Gasteiger partial charge in [0.2, 0.25) is 0 Å². The predicted octanol–water partition coefficient (Wildman–Crippen LogP) is 4.45. The molecule has 4 heteroatoms. The van der Waals surface area contributed by atoms with Crippen LogP contribution in [0.4, 0.5) is 0 Å². The number of halogens is 1. The highest BCUT2D eigenvalue weighted by Gasteiger charge is 2.22. The van der Waals surface area contributed by atoms with E-state index in [0.29, 0.717) is 5.92 Å². The van der Waals surface area contributed by atoms with Gasteiger partial charge in [-0.3, -0.25) is 4.68 Å². The average molecular weight is 329 g/mol. The second-order valence-electron chi connectivity index (χ2n) is 5.71. The number of nitrogens with zero attached hydrogens (tertiary/aromatic N) is 2. The van der Waals surface area contributed by atoms with Gasteiger partial charge in [0.1, 0.15) is 0 Å². The van der Waals surface area contributed by atoms with Gasteiger partial charge < -0.3 is 5.11 Å². The molecule has 1 N–H and O–H groups in total. The maximum Gasteiger partial charge on any atom is 0.0970 e. The average Bonchev–Trinajstić information content (AvgIpc) is 2.61. The second-order valence-corrected chi connectivity index (χ2v) is 6.56. The molecule has 0 amide bonds. The monoisotopic (exact) mass is 328 g/mol. The lowest BCUT2D eigenvalue weighted by atomic mass is 9.92. The van der Waals surface area contributed by atoms with Gasteiger partial charge in [0, 0.05) is 6.54 Å². The van der Waals surface area contributed by atoms with Crippen LogP contribution in [0.5, 0.6) is 0 Å². The van der Waals surface area contributed by atoms with Crippen molar-refractivity contribution in [2.75, 3.05) is 0 Å². The van der Waals surface area contributed by atoms with Crippen molar-refractivity contribution in [1.82, 2.24) is 9.78 Å². The lowest BCUT2D eigenvalue weighted by Gasteiger charge is -2.20. The number of hydrogen-bond acceptors (Lipinski definition) is 2. The van der Waals surface area contributed by atoms with Crippen molar-refractivity contribution < 1.29 is 5.11 Å². The molecule has 1 aliphatic rings. The van der Waals surface area contributed by atoms with Gasteiger partial charge in [-0.25, -0.2) is 0 Å². The molecule has 1 aromatic heterocycles. The predicted molar refractivity (Wildman–Crippen MR) is 81.0 cm³/mol. The molecule has 0 spiro atoms. The summed E-state index contributed by atoms with van der Waals surface area (Å²) in [6.45, 7) is 3.01. The molecule has 0 aliphatic heterocycles. The first kappa shape index (κ1) is 15.0. The van der Waals surface area contributed by atoms with Crippen molar-refractivity contribution in [2.45, 2.75) is 70.9 Å². The third-order valence-electron chi connectivity index (χ3n) is 4.12. The Morgan fingerprint density at radius 2 is 2.05 bits per heavy atom. The van der Waals surface area contributed by atoms with Crippen molar-refractivity contribution in [2.24, 2.45) is 5.92 Å². The van der Waals surface area contributed by atoms with Crippen molar-refractivity contribution in [3.63, 3.8) is 0 Å². The SMILES string of the molecule is CCCn1ncc(Br)c1C(O)CC1CCCCCC1. The van der Waals surface area contributed by atoms with Crippen molar-refractivity contribution in [3.8, 4) is 0 Å². The fourth-order valence-corrected chi connectivity index (χ4v) is 3.68. The van der Waals surface area contributed by atoms with Gasteiger partial charge >= 0.3 is 0 Å². The van der Waals surface area contributed by atoms with Crippen LogP contribution in [0, 0.1) is 5.92 Å². The second kappa shape index (κ2) is 7.44. The van der Waals surface area contributed by atoms with E-state index in [1.807, 2.05) is 4.68 Å². The van der Waals surface area contributed by atoms with E-state index in [9.17, 15) is 5.11 Å². The zero-order valence-corrected chi connectivity index (χ0v) is 13.4. The minimum Gasteiger partial charge on any atom is -0.387 e. The first-order valence-electron chi connectivity index (χ1n) is 7.61. The standard InChI is InChI=1S/C15H25BrN2O/c1-2-9-18-15(13(16)11-17-18)14(19)10-12-7-5-3-4-6-8-12/h11-12,14,19H,2-10H2,1H3. The molecular weight excluding hydrogens is 304 g/mol. The minimum absolute atomic E-state index is 0.383. The van der Waals surface area contributed by atoms with Crippen LogP contribution in [0.3, 0.4) is 0 Å². The molecule has 0 bridgehead atoms. The molecule has 108 valence electrons. The molecule has 1 unspecified atom stereocenters. The normalized spacial score (nSPS) is 19.3. The van der Waals surface area contributed by atoms with Crippen LogP contribution < -0.4 is 0 Å². The van der Waals surface area contributed by atoms with Crippen LogP contribution in [-0.2, 0) is 6.54 Å². The molecule has 1 aliphatic carbocycles. The molecule has 3 nitrogen and oxygen atoms in total. The zero-order chi connectivity index (χ0) is 13.7. The third kappa shape index (κ3) is 4.06. The quantitative estimate of drug-likeness (QED) is 0.811. The highest BCUT2D eigenvalue weighted by atomic mass is 79.9. The van der Waals surface area contributed by atoms with E-state index in [0.717, 1.165) is 29.6 Å². The summed E-state index contributed by atoms with van der Waals surface area (Å²) in [5.74, 6) is 0.675. The van der Waals surface area contributed by atoms with Gasteiger partial charge in [-0.1, -0.05) is 45.4 Å². The molecule has 1 heterocycles. The molecule has 1 atom stereocenters. The highest BCUT2D eigenvalue weighted by molar-refractivity contribution is 9.10. The molecule has 2 rings (SSSR count). The van der Waals surface area contributed by atoms with Crippen LogP contribution in [0.1, 0.15) is 70.1 Å². The topological polar surface area (TPSA) is 38.0 Å². The Morgan fingerprint density at radius 3 is 2.68 bits per heavy atom. The first-order chi connectivity index (χ1) is 9.22. The minimum atomic E-state index is -0.383. The molecule has 0 saturated heterocycles. The summed E-state index contributed by atoms with van der Waals surface area (Å²) >= 11 is 3.52. The van der Waals surface area contributed by atoms with Gasteiger partial charge in [0.15, 0.2) is 0 Å². The number of aliphatic hydroxyl groups excluding tert-OH is 1. The summed E-state index contributed by atoms with van der Waals surface area (Å²) < 4.78 is 2.90. The summed E-state index contributed by atoms with van der Waals surface area (Å²) in [5.41, 5.74) is 0.964. The maximum absolute atomic E-state index is 10.6. The maximum atomic E-state index is 10.6. The zero-order valence-electron chi connectivity index (χ0n) is 11.8. The molecule has 0 aromatic carbocycles.